The molecular formula is C17H26N2O4S. The lowest BCUT2D eigenvalue weighted by Gasteiger charge is -2.26. The van der Waals surface area contributed by atoms with E-state index in [1.165, 1.54) is 4.31 Å². The van der Waals surface area contributed by atoms with Crippen molar-refractivity contribution in [3.63, 3.8) is 0 Å². The van der Waals surface area contributed by atoms with Gasteiger partial charge < -0.3 is 10.1 Å². The lowest BCUT2D eigenvalue weighted by atomic mass is 10.1. The van der Waals surface area contributed by atoms with E-state index in [0.717, 1.165) is 5.56 Å². The van der Waals surface area contributed by atoms with Crippen LogP contribution in [0.1, 0.15) is 25.8 Å². The summed E-state index contributed by atoms with van der Waals surface area (Å²) in [5, 5.41) is 2.88. The van der Waals surface area contributed by atoms with Gasteiger partial charge in [0.1, 0.15) is 0 Å². The molecule has 0 bridgehead atoms. The van der Waals surface area contributed by atoms with Gasteiger partial charge in [-0.3, -0.25) is 4.79 Å². The van der Waals surface area contributed by atoms with Crippen LogP contribution >= 0.6 is 0 Å². The maximum atomic E-state index is 12.5. The highest BCUT2D eigenvalue weighted by Crippen LogP contribution is 2.18. The third-order valence-electron chi connectivity index (χ3n) is 3.88. The predicted molar refractivity (Wildman–Crippen MR) is 92.2 cm³/mol. The lowest BCUT2D eigenvalue weighted by molar-refractivity contribution is -0.121. The second kappa shape index (κ2) is 8.60. The molecule has 7 heteroatoms. The summed E-state index contributed by atoms with van der Waals surface area (Å²) >= 11 is 0. The monoisotopic (exact) mass is 354 g/mol. The minimum atomic E-state index is -3.45. The zero-order chi connectivity index (χ0) is 17.6. The fourth-order valence-electron chi connectivity index (χ4n) is 2.43. The zero-order valence-electron chi connectivity index (χ0n) is 14.3. The van der Waals surface area contributed by atoms with E-state index in [9.17, 15) is 13.2 Å². The minimum absolute atomic E-state index is 0.0220. The molecule has 134 valence electrons. The number of hydrogen-bond acceptors (Lipinski definition) is 4. The number of amides is 1. The molecule has 6 nitrogen and oxygen atoms in total. The first-order chi connectivity index (χ1) is 11.4. The van der Waals surface area contributed by atoms with Gasteiger partial charge in [-0.05, 0) is 30.0 Å². The molecule has 0 spiro atoms. The molecule has 24 heavy (non-hydrogen) atoms. The number of nitrogens with zero attached hydrogens (tertiary/aromatic N) is 1. The highest BCUT2D eigenvalue weighted by molar-refractivity contribution is 7.89. The van der Waals surface area contributed by atoms with E-state index >= 15 is 0 Å². The van der Waals surface area contributed by atoms with E-state index in [1.807, 2.05) is 13.8 Å². The second-order valence-corrected chi connectivity index (χ2v) is 8.30. The summed E-state index contributed by atoms with van der Waals surface area (Å²) in [6.45, 7) is 6.42. The van der Waals surface area contributed by atoms with Crippen LogP contribution in [0.3, 0.4) is 0 Å². The molecule has 0 aliphatic carbocycles. The maximum absolute atomic E-state index is 12.5. The van der Waals surface area contributed by atoms with E-state index in [-0.39, 0.29) is 10.8 Å². The number of hydrogen-bond donors (Lipinski definition) is 1. The highest BCUT2D eigenvalue weighted by Gasteiger charge is 2.26. The molecule has 0 radical (unpaired) electrons. The number of carbonyl (C=O) groups excluding carboxylic acids is 1. The highest BCUT2D eigenvalue weighted by atomic mass is 32.2. The van der Waals surface area contributed by atoms with Crippen LogP contribution in [0.2, 0.25) is 0 Å². The van der Waals surface area contributed by atoms with Crippen molar-refractivity contribution in [1.29, 1.82) is 0 Å². The number of benzene rings is 1. The first-order valence-corrected chi connectivity index (χ1v) is 9.77. The van der Waals surface area contributed by atoms with Gasteiger partial charge >= 0.3 is 0 Å². The number of morpholine rings is 1. The number of sulfonamides is 1. The molecule has 1 saturated heterocycles. The van der Waals surface area contributed by atoms with Crippen molar-refractivity contribution < 1.29 is 17.9 Å². The van der Waals surface area contributed by atoms with Gasteiger partial charge in [-0.15, -0.1) is 0 Å². The largest absolute Gasteiger partial charge is 0.379 e. The average molecular weight is 354 g/mol. The Balaban J connectivity index is 1.91. The summed E-state index contributed by atoms with van der Waals surface area (Å²) in [7, 11) is -3.45. The van der Waals surface area contributed by atoms with Crippen molar-refractivity contribution in [1.82, 2.24) is 9.62 Å². The van der Waals surface area contributed by atoms with Gasteiger partial charge in [0.15, 0.2) is 0 Å². The van der Waals surface area contributed by atoms with E-state index < -0.39 is 10.0 Å². The summed E-state index contributed by atoms with van der Waals surface area (Å²) < 4.78 is 31.7. The van der Waals surface area contributed by atoms with E-state index in [2.05, 4.69) is 5.32 Å². The number of nitrogens with one attached hydrogen (secondary N) is 1. The first kappa shape index (κ1) is 18.9. The van der Waals surface area contributed by atoms with Gasteiger partial charge in [0, 0.05) is 26.1 Å². The van der Waals surface area contributed by atoms with Crippen LogP contribution in [0.5, 0.6) is 0 Å². The molecule has 2 rings (SSSR count). The predicted octanol–water partition coefficient (Wildman–Crippen LogP) is 1.41. The Kier molecular flexibility index (Phi) is 6.77. The van der Waals surface area contributed by atoms with Gasteiger partial charge in [0.25, 0.3) is 0 Å². The van der Waals surface area contributed by atoms with Crippen molar-refractivity contribution in [3.05, 3.63) is 29.8 Å². The summed E-state index contributed by atoms with van der Waals surface area (Å²) in [4.78, 5) is 12.0. The van der Waals surface area contributed by atoms with Gasteiger partial charge in [0.2, 0.25) is 15.9 Å². The Bertz CT molecular complexity index is 635. The number of aryl methyl sites for hydroxylation is 1. The summed E-state index contributed by atoms with van der Waals surface area (Å²) in [5.74, 6) is 0.451. The number of rotatable bonds is 7. The van der Waals surface area contributed by atoms with E-state index in [0.29, 0.717) is 51.6 Å². The van der Waals surface area contributed by atoms with E-state index in [4.69, 9.17) is 4.74 Å². The van der Waals surface area contributed by atoms with Crippen molar-refractivity contribution >= 4 is 15.9 Å². The fraction of sp³-hybridized carbons (Fsp3) is 0.588. The number of carbonyl (C=O) groups is 1. The third kappa shape index (κ3) is 5.29. The first-order valence-electron chi connectivity index (χ1n) is 8.33. The molecule has 0 atom stereocenters. The molecule has 1 heterocycles. The summed E-state index contributed by atoms with van der Waals surface area (Å²) in [5.41, 5.74) is 0.954. The fourth-order valence-corrected chi connectivity index (χ4v) is 3.84. The molecule has 0 saturated carbocycles. The third-order valence-corrected chi connectivity index (χ3v) is 5.79. The van der Waals surface area contributed by atoms with Crippen molar-refractivity contribution in [2.24, 2.45) is 5.92 Å². The topological polar surface area (TPSA) is 75.7 Å². The molecule has 1 amide bonds. The van der Waals surface area contributed by atoms with Gasteiger partial charge in [-0.2, -0.15) is 4.31 Å². The van der Waals surface area contributed by atoms with Crippen molar-refractivity contribution in [3.8, 4) is 0 Å². The summed E-state index contributed by atoms with van der Waals surface area (Å²) in [6.07, 6.45) is 1.00. The van der Waals surface area contributed by atoms with Crippen molar-refractivity contribution in [2.75, 3.05) is 32.8 Å². The Morgan fingerprint density at radius 2 is 1.83 bits per heavy atom. The molecule has 1 aliphatic rings. The average Bonchev–Trinajstić information content (AvgIpc) is 2.59. The maximum Gasteiger partial charge on any atom is 0.243 e. The molecule has 1 fully saturated rings. The molecular weight excluding hydrogens is 328 g/mol. The minimum Gasteiger partial charge on any atom is -0.379 e. The zero-order valence-corrected chi connectivity index (χ0v) is 15.1. The van der Waals surface area contributed by atoms with Crippen LogP contribution < -0.4 is 5.32 Å². The van der Waals surface area contributed by atoms with Crippen LogP contribution in [-0.2, 0) is 26.0 Å². The van der Waals surface area contributed by atoms with Crippen LogP contribution in [0.4, 0.5) is 0 Å². The Morgan fingerprint density at radius 1 is 1.21 bits per heavy atom. The lowest BCUT2D eigenvalue weighted by Crippen LogP contribution is -2.40. The van der Waals surface area contributed by atoms with Gasteiger partial charge in [-0.25, -0.2) is 8.42 Å². The van der Waals surface area contributed by atoms with Crippen LogP contribution in [-0.4, -0.2) is 51.5 Å². The number of ether oxygens (including phenoxy) is 1. The molecule has 1 N–H and O–H groups in total. The molecule has 1 aliphatic heterocycles. The van der Waals surface area contributed by atoms with Crippen LogP contribution in [0.25, 0.3) is 0 Å². The Labute approximate surface area is 144 Å². The molecule has 0 unspecified atom stereocenters. The SMILES string of the molecule is CC(C)CNC(=O)CCc1ccc(S(=O)(=O)N2CCOCC2)cc1. The van der Waals surface area contributed by atoms with Crippen molar-refractivity contribution in [2.45, 2.75) is 31.6 Å². The van der Waals surface area contributed by atoms with Crippen LogP contribution in [0, 0.1) is 5.92 Å². The summed E-state index contributed by atoms with van der Waals surface area (Å²) in [6, 6.07) is 6.80. The van der Waals surface area contributed by atoms with Crippen LogP contribution in [0.15, 0.2) is 29.2 Å². The Hall–Kier alpha value is -1.44. The van der Waals surface area contributed by atoms with E-state index in [1.54, 1.807) is 24.3 Å². The smallest absolute Gasteiger partial charge is 0.243 e. The molecule has 1 aromatic rings. The normalized spacial score (nSPS) is 16.3. The quantitative estimate of drug-likeness (QED) is 0.803. The second-order valence-electron chi connectivity index (χ2n) is 6.36. The molecule has 0 aromatic heterocycles. The molecule has 1 aromatic carbocycles. The van der Waals surface area contributed by atoms with Gasteiger partial charge in [0.05, 0.1) is 18.1 Å². The standard InChI is InChI=1S/C17H26N2O4S/c1-14(2)13-18-17(20)8-5-15-3-6-16(7-4-15)24(21,22)19-9-11-23-12-10-19/h3-4,6-7,14H,5,8-13H2,1-2H3,(H,18,20). The Morgan fingerprint density at radius 3 is 2.42 bits per heavy atom. The van der Waals surface area contributed by atoms with Gasteiger partial charge in [-0.1, -0.05) is 26.0 Å².